The average molecular weight is 570 g/mol. The standard InChI is InChI=1S/C23H30N2O3.C11H9NO2/c1-28-22(27)23(13-9-5-3-2-4-6-10-14-23)25-21(26)19-15-17-11-7-8-12-18(17)16-20(19)24;12-10-6-8-4-2-1-3-7(8)5-9(10)11(13)14/h7-8,11-12,15-16H,2-6,9-10,13-14,24H2,1H3,(H,25,26);1-6H,12H2,(H,13,14). The zero-order chi connectivity index (χ0) is 30.1. The van der Waals surface area contributed by atoms with Crippen molar-refractivity contribution >= 4 is 50.8 Å². The van der Waals surface area contributed by atoms with Crippen LogP contribution in [0.15, 0.2) is 72.8 Å². The Bertz CT molecular complexity index is 1570. The number of anilines is 2. The Morgan fingerprint density at radius 3 is 1.55 bits per heavy atom. The van der Waals surface area contributed by atoms with Gasteiger partial charge in [-0.2, -0.15) is 0 Å². The van der Waals surface area contributed by atoms with Gasteiger partial charge in [0.1, 0.15) is 5.54 Å². The molecule has 0 spiro atoms. The number of nitrogens with two attached hydrogens (primary N) is 2. The molecule has 0 radical (unpaired) electrons. The first-order valence-corrected chi connectivity index (χ1v) is 14.4. The predicted octanol–water partition coefficient (Wildman–Crippen LogP) is 6.71. The van der Waals surface area contributed by atoms with Crippen molar-refractivity contribution in [1.29, 1.82) is 0 Å². The normalized spacial score (nSPS) is 15.2. The highest BCUT2D eigenvalue weighted by molar-refractivity contribution is 6.05. The van der Waals surface area contributed by atoms with Crippen LogP contribution in [0.3, 0.4) is 0 Å². The van der Waals surface area contributed by atoms with E-state index in [9.17, 15) is 14.4 Å². The Balaban J connectivity index is 0.000000241. The van der Waals surface area contributed by atoms with Gasteiger partial charge >= 0.3 is 11.9 Å². The molecule has 220 valence electrons. The van der Waals surface area contributed by atoms with Crippen LogP contribution < -0.4 is 16.8 Å². The van der Waals surface area contributed by atoms with Gasteiger partial charge in [-0.3, -0.25) is 4.79 Å². The second kappa shape index (κ2) is 13.9. The molecule has 0 saturated heterocycles. The van der Waals surface area contributed by atoms with Crippen molar-refractivity contribution in [3.8, 4) is 0 Å². The summed E-state index contributed by atoms with van der Waals surface area (Å²) in [6.45, 7) is 0. The largest absolute Gasteiger partial charge is 0.478 e. The average Bonchev–Trinajstić information content (AvgIpc) is 2.99. The summed E-state index contributed by atoms with van der Waals surface area (Å²) in [5, 5.41) is 15.6. The highest BCUT2D eigenvalue weighted by Crippen LogP contribution is 2.29. The first-order valence-electron chi connectivity index (χ1n) is 14.4. The van der Waals surface area contributed by atoms with E-state index in [4.69, 9.17) is 21.3 Å². The molecule has 42 heavy (non-hydrogen) atoms. The summed E-state index contributed by atoms with van der Waals surface area (Å²) in [5.41, 5.74) is 12.1. The van der Waals surface area contributed by atoms with Crippen LogP contribution in [0.5, 0.6) is 0 Å². The summed E-state index contributed by atoms with van der Waals surface area (Å²) in [6.07, 6.45) is 8.68. The maximum Gasteiger partial charge on any atom is 0.337 e. The SMILES string of the molecule is COC(=O)C1(NC(=O)c2cc3ccccc3cc2N)CCCCCCCCC1.Nc1cc2ccccc2cc1C(=O)O. The number of rotatable bonds is 4. The maximum atomic E-state index is 13.2. The van der Waals surface area contributed by atoms with Crippen molar-refractivity contribution in [2.45, 2.75) is 63.3 Å². The van der Waals surface area contributed by atoms with Gasteiger partial charge in [0.15, 0.2) is 0 Å². The Morgan fingerprint density at radius 2 is 1.10 bits per heavy atom. The number of esters is 1. The summed E-state index contributed by atoms with van der Waals surface area (Å²) in [7, 11) is 1.39. The lowest BCUT2D eigenvalue weighted by Crippen LogP contribution is -2.55. The molecule has 1 aliphatic carbocycles. The van der Waals surface area contributed by atoms with E-state index in [0.717, 1.165) is 47.2 Å². The number of carboxylic acids is 1. The van der Waals surface area contributed by atoms with Crippen LogP contribution in [-0.4, -0.2) is 35.6 Å². The number of aromatic carboxylic acids is 1. The quantitative estimate of drug-likeness (QED) is 0.158. The molecule has 0 heterocycles. The minimum Gasteiger partial charge on any atom is -0.478 e. The molecule has 5 rings (SSSR count). The van der Waals surface area contributed by atoms with Gasteiger partial charge in [-0.05, 0) is 58.7 Å². The molecular weight excluding hydrogens is 530 g/mol. The number of benzene rings is 4. The van der Waals surface area contributed by atoms with E-state index in [-0.39, 0.29) is 17.4 Å². The van der Waals surface area contributed by atoms with Crippen molar-refractivity contribution in [1.82, 2.24) is 5.32 Å². The number of amides is 1. The molecule has 4 aromatic carbocycles. The van der Waals surface area contributed by atoms with Gasteiger partial charge in [-0.1, -0.05) is 93.5 Å². The van der Waals surface area contributed by atoms with Gasteiger partial charge in [-0.25, -0.2) is 9.59 Å². The summed E-state index contributed by atoms with van der Waals surface area (Å²) in [5.74, 6) is -1.67. The fourth-order valence-corrected chi connectivity index (χ4v) is 5.62. The number of ether oxygens (including phenoxy) is 1. The molecule has 8 nitrogen and oxygen atoms in total. The third kappa shape index (κ3) is 7.18. The lowest BCUT2D eigenvalue weighted by molar-refractivity contribution is -0.149. The van der Waals surface area contributed by atoms with Crippen LogP contribution in [0.25, 0.3) is 21.5 Å². The lowest BCUT2D eigenvalue weighted by Gasteiger charge is -2.33. The number of carbonyl (C=O) groups is 3. The van der Waals surface area contributed by atoms with Crippen LogP contribution in [0.4, 0.5) is 11.4 Å². The van der Waals surface area contributed by atoms with Crippen LogP contribution in [0, 0.1) is 0 Å². The zero-order valence-corrected chi connectivity index (χ0v) is 24.0. The molecule has 0 atom stereocenters. The monoisotopic (exact) mass is 569 g/mol. The molecule has 4 aromatic rings. The summed E-state index contributed by atoms with van der Waals surface area (Å²) < 4.78 is 5.11. The highest BCUT2D eigenvalue weighted by atomic mass is 16.5. The number of methoxy groups -OCH3 is 1. The molecule has 0 bridgehead atoms. The van der Waals surface area contributed by atoms with Gasteiger partial charge in [0, 0.05) is 11.4 Å². The Kier molecular flexibility index (Phi) is 10.0. The number of nitrogens with one attached hydrogen (secondary N) is 1. The number of nitrogen functional groups attached to an aromatic ring is 2. The topological polar surface area (TPSA) is 145 Å². The van der Waals surface area contributed by atoms with E-state index in [1.807, 2.05) is 54.6 Å². The van der Waals surface area contributed by atoms with E-state index in [0.29, 0.717) is 29.8 Å². The summed E-state index contributed by atoms with van der Waals surface area (Å²) >= 11 is 0. The molecular formula is C34H39N3O5. The fourth-order valence-electron chi connectivity index (χ4n) is 5.62. The Hall–Kier alpha value is -4.59. The molecule has 1 aliphatic rings. The smallest absolute Gasteiger partial charge is 0.337 e. The second-order valence-corrected chi connectivity index (χ2v) is 10.9. The number of hydrogen-bond donors (Lipinski definition) is 4. The Labute approximate surface area is 246 Å². The van der Waals surface area contributed by atoms with Crippen LogP contribution in [-0.2, 0) is 9.53 Å². The van der Waals surface area contributed by atoms with Gasteiger partial charge < -0.3 is 26.6 Å². The molecule has 1 saturated carbocycles. The second-order valence-electron chi connectivity index (χ2n) is 10.9. The minimum atomic E-state index is -0.992. The van der Waals surface area contributed by atoms with Crippen LogP contribution in [0.2, 0.25) is 0 Å². The van der Waals surface area contributed by atoms with Crippen LogP contribution in [0.1, 0.15) is 78.5 Å². The lowest BCUT2D eigenvalue weighted by atomic mass is 9.84. The first kappa shape index (κ1) is 30.4. The predicted molar refractivity (Wildman–Crippen MR) is 167 cm³/mol. The molecule has 1 fully saturated rings. The third-order valence-electron chi connectivity index (χ3n) is 7.95. The van der Waals surface area contributed by atoms with E-state index in [2.05, 4.69) is 5.32 Å². The molecule has 0 aromatic heterocycles. The first-order chi connectivity index (χ1) is 20.2. The zero-order valence-electron chi connectivity index (χ0n) is 24.0. The summed E-state index contributed by atoms with van der Waals surface area (Å²) in [4.78, 5) is 36.7. The number of hydrogen-bond acceptors (Lipinski definition) is 6. The van der Waals surface area contributed by atoms with Crippen molar-refractivity contribution < 1.29 is 24.2 Å². The van der Waals surface area contributed by atoms with Crippen molar-refractivity contribution in [2.75, 3.05) is 18.6 Å². The number of carbonyl (C=O) groups excluding carboxylic acids is 2. The van der Waals surface area contributed by atoms with Gasteiger partial charge in [0.2, 0.25) is 0 Å². The molecule has 1 amide bonds. The fraction of sp³-hybridized carbons (Fsp3) is 0.324. The van der Waals surface area contributed by atoms with E-state index >= 15 is 0 Å². The van der Waals surface area contributed by atoms with Crippen molar-refractivity contribution in [3.05, 3.63) is 83.9 Å². The third-order valence-corrected chi connectivity index (χ3v) is 7.95. The minimum absolute atomic E-state index is 0.156. The van der Waals surface area contributed by atoms with E-state index in [1.165, 1.54) is 26.4 Å². The Morgan fingerprint density at radius 1 is 0.690 bits per heavy atom. The number of fused-ring (bicyclic) bond motifs is 2. The highest BCUT2D eigenvalue weighted by Gasteiger charge is 2.40. The van der Waals surface area contributed by atoms with Crippen molar-refractivity contribution in [2.24, 2.45) is 0 Å². The number of carboxylic acid groups (broad SMARTS) is 1. The van der Waals surface area contributed by atoms with Crippen LogP contribution >= 0.6 is 0 Å². The van der Waals surface area contributed by atoms with Crippen molar-refractivity contribution in [3.63, 3.8) is 0 Å². The molecule has 8 heteroatoms. The van der Waals surface area contributed by atoms with E-state index < -0.39 is 11.5 Å². The van der Waals surface area contributed by atoms with Gasteiger partial charge in [0.25, 0.3) is 5.91 Å². The molecule has 6 N–H and O–H groups in total. The summed E-state index contributed by atoms with van der Waals surface area (Å²) in [6, 6.07) is 22.2. The molecule has 0 aliphatic heterocycles. The maximum absolute atomic E-state index is 13.2. The van der Waals surface area contributed by atoms with E-state index in [1.54, 1.807) is 18.2 Å². The van der Waals surface area contributed by atoms with Gasteiger partial charge in [-0.15, -0.1) is 0 Å². The molecule has 0 unspecified atom stereocenters. The van der Waals surface area contributed by atoms with Gasteiger partial charge in [0.05, 0.1) is 18.2 Å².